The van der Waals surface area contributed by atoms with Crippen LogP contribution in [0.3, 0.4) is 0 Å². The molecule has 1 fully saturated rings. The Morgan fingerprint density at radius 1 is 1.42 bits per heavy atom. The highest BCUT2D eigenvalue weighted by molar-refractivity contribution is 5.90. The monoisotopic (exact) mass is 263 g/mol. The van der Waals surface area contributed by atoms with Gasteiger partial charge in [0.05, 0.1) is 12.8 Å². The minimum absolute atomic E-state index is 0.0855. The van der Waals surface area contributed by atoms with E-state index in [-0.39, 0.29) is 5.91 Å². The number of amides is 1. The van der Waals surface area contributed by atoms with Gasteiger partial charge in [0.15, 0.2) is 0 Å². The van der Waals surface area contributed by atoms with Crippen LogP contribution in [0.15, 0.2) is 18.2 Å². The summed E-state index contributed by atoms with van der Waals surface area (Å²) >= 11 is 0. The normalized spacial score (nSPS) is 16.1. The fraction of sp³-hybridized carbons (Fsp3) is 0.500. The zero-order valence-corrected chi connectivity index (χ0v) is 11.5. The van der Waals surface area contributed by atoms with Crippen molar-refractivity contribution >= 4 is 11.6 Å². The van der Waals surface area contributed by atoms with Gasteiger partial charge in [-0.3, -0.25) is 9.69 Å². The molecule has 5 nitrogen and oxygen atoms in total. The molecule has 0 atom stereocenters. The summed E-state index contributed by atoms with van der Waals surface area (Å²) in [5, 5.41) is 6.14. The van der Waals surface area contributed by atoms with Crippen molar-refractivity contribution in [2.24, 2.45) is 0 Å². The third-order valence-electron chi connectivity index (χ3n) is 3.19. The van der Waals surface area contributed by atoms with E-state index in [4.69, 9.17) is 4.74 Å². The molecule has 2 rings (SSSR count). The SMILES string of the molecule is COc1ccc(CN2CCNCC2)cc1NC(C)=O. The Labute approximate surface area is 113 Å². The summed E-state index contributed by atoms with van der Waals surface area (Å²) in [6.45, 7) is 6.59. The molecule has 0 spiro atoms. The van der Waals surface area contributed by atoms with E-state index in [0.29, 0.717) is 5.75 Å². The number of hydrogen-bond donors (Lipinski definition) is 2. The zero-order chi connectivity index (χ0) is 13.7. The molecule has 1 aromatic rings. The van der Waals surface area contributed by atoms with Gasteiger partial charge < -0.3 is 15.4 Å². The van der Waals surface area contributed by atoms with Crippen molar-refractivity contribution in [3.8, 4) is 5.75 Å². The molecule has 104 valence electrons. The molecule has 1 aromatic carbocycles. The van der Waals surface area contributed by atoms with Crippen LogP contribution in [-0.4, -0.2) is 44.1 Å². The van der Waals surface area contributed by atoms with Crippen molar-refractivity contribution in [2.45, 2.75) is 13.5 Å². The maximum absolute atomic E-state index is 11.2. The van der Waals surface area contributed by atoms with E-state index in [1.54, 1.807) is 7.11 Å². The topological polar surface area (TPSA) is 53.6 Å². The van der Waals surface area contributed by atoms with E-state index in [9.17, 15) is 4.79 Å². The molecule has 2 N–H and O–H groups in total. The Morgan fingerprint density at radius 2 is 2.16 bits per heavy atom. The average Bonchev–Trinajstić information content (AvgIpc) is 2.39. The first-order chi connectivity index (χ1) is 9.19. The minimum Gasteiger partial charge on any atom is -0.495 e. The number of carbonyl (C=O) groups excluding carboxylic acids is 1. The van der Waals surface area contributed by atoms with E-state index in [1.807, 2.05) is 18.2 Å². The number of carbonyl (C=O) groups is 1. The lowest BCUT2D eigenvalue weighted by Crippen LogP contribution is -2.42. The second-order valence-electron chi connectivity index (χ2n) is 4.74. The van der Waals surface area contributed by atoms with E-state index in [0.717, 1.165) is 38.4 Å². The van der Waals surface area contributed by atoms with Gasteiger partial charge in [0.25, 0.3) is 0 Å². The van der Waals surface area contributed by atoms with Crippen molar-refractivity contribution in [3.05, 3.63) is 23.8 Å². The number of rotatable bonds is 4. The largest absolute Gasteiger partial charge is 0.495 e. The second-order valence-corrected chi connectivity index (χ2v) is 4.74. The maximum atomic E-state index is 11.2. The van der Waals surface area contributed by atoms with Crippen LogP contribution in [0.25, 0.3) is 0 Å². The predicted octanol–water partition coefficient (Wildman–Crippen LogP) is 1.06. The van der Waals surface area contributed by atoms with Crippen LogP contribution in [0.4, 0.5) is 5.69 Å². The average molecular weight is 263 g/mol. The van der Waals surface area contributed by atoms with Crippen molar-refractivity contribution in [2.75, 3.05) is 38.6 Å². The minimum atomic E-state index is -0.0855. The van der Waals surface area contributed by atoms with Gasteiger partial charge >= 0.3 is 0 Å². The van der Waals surface area contributed by atoms with Crippen molar-refractivity contribution in [3.63, 3.8) is 0 Å². The standard InChI is InChI=1S/C14H21N3O2/c1-11(18)16-13-9-12(3-4-14(13)19-2)10-17-7-5-15-6-8-17/h3-4,9,15H,5-8,10H2,1-2H3,(H,16,18). The predicted molar refractivity (Wildman–Crippen MR) is 75.4 cm³/mol. The van der Waals surface area contributed by atoms with E-state index >= 15 is 0 Å². The zero-order valence-electron chi connectivity index (χ0n) is 11.5. The van der Waals surface area contributed by atoms with Gasteiger partial charge in [0.2, 0.25) is 5.91 Å². The summed E-state index contributed by atoms with van der Waals surface area (Å²) in [5.74, 6) is 0.608. The molecular weight excluding hydrogens is 242 g/mol. The van der Waals surface area contributed by atoms with Gasteiger partial charge in [0.1, 0.15) is 5.75 Å². The Bertz CT molecular complexity index is 442. The van der Waals surface area contributed by atoms with Gasteiger partial charge in [-0.25, -0.2) is 0 Å². The van der Waals surface area contributed by atoms with E-state index in [2.05, 4.69) is 15.5 Å². The number of benzene rings is 1. The Kier molecular flexibility index (Phi) is 4.76. The van der Waals surface area contributed by atoms with Crippen LogP contribution in [0.5, 0.6) is 5.75 Å². The molecule has 1 heterocycles. The van der Waals surface area contributed by atoms with Crippen LogP contribution < -0.4 is 15.4 Å². The maximum Gasteiger partial charge on any atom is 0.221 e. The van der Waals surface area contributed by atoms with E-state index < -0.39 is 0 Å². The second kappa shape index (κ2) is 6.54. The first-order valence-electron chi connectivity index (χ1n) is 6.56. The van der Waals surface area contributed by atoms with Crippen LogP contribution in [0, 0.1) is 0 Å². The molecule has 1 saturated heterocycles. The molecule has 0 radical (unpaired) electrons. The summed E-state index contributed by atoms with van der Waals surface area (Å²) < 4.78 is 5.25. The molecule has 5 heteroatoms. The summed E-state index contributed by atoms with van der Waals surface area (Å²) in [6, 6.07) is 5.94. The van der Waals surface area contributed by atoms with Crippen LogP contribution in [0.1, 0.15) is 12.5 Å². The number of ether oxygens (including phenoxy) is 1. The highest BCUT2D eigenvalue weighted by atomic mass is 16.5. The lowest BCUT2D eigenvalue weighted by molar-refractivity contribution is -0.114. The fourth-order valence-corrected chi connectivity index (χ4v) is 2.27. The molecule has 1 amide bonds. The first-order valence-corrected chi connectivity index (χ1v) is 6.56. The molecule has 0 aliphatic carbocycles. The highest BCUT2D eigenvalue weighted by Crippen LogP contribution is 2.26. The lowest BCUT2D eigenvalue weighted by atomic mass is 10.1. The van der Waals surface area contributed by atoms with Gasteiger partial charge in [0, 0.05) is 39.6 Å². The number of hydrogen-bond acceptors (Lipinski definition) is 4. The van der Waals surface area contributed by atoms with Crippen molar-refractivity contribution < 1.29 is 9.53 Å². The summed E-state index contributed by atoms with van der Waals surface area (Å²) in [4.78, 5) is 13.6. The van der Waals surface area contributed by atoms with Crippen molar-refractivity contribution in [1.82, 2.24) is 10.2 Å². The number of nitrogens with zero attached hydrogens (tertiary/aromatic N) is 1. The Morgan fingerprint density at radius 3 is 2.79 bits per heavy atom. The number of methoxy groups -OCH3 is 1. The first kappa shape index (κ1) is 13.8. The lowest BCUT2D eigenvalue weighted by Gasteiger charge is -2.27. The van der Waals surface area contributed by atoms with Crippen LogP contribution >= 0.6 is 0 Å². The molecule has 1 aliphatic heterocycles. The summed E-state index contributed by atoms with van der Waals surface area (Å²) in [7, 11) is 1.61. The Balaban J connectivity index is 2.09. The third kappa shape index (κ3) is 3.94. The number of anilines is 1. The molecule has 0 unspecified atom stereocenters. The van der Waals surface area contributed by atoms with Gasteiger partial charge in [-0.05, 0) is 17.7 Å². The Hall–Kier alpha value is -1.59. The molecule has 1 aliphatic rings. The summed E-state index contributed by atoms with van der Waals surface area (Å²) in [5.41, 5.74) is 1.93. The smallest absolute Gasteiger partial charge is 0.221 e. The third-order valence-corrected chi connectivity index (χ3v) is 3.19. The van der Waals surface area contributed by atoms with Crippen molar-refractivity contribution in [1.29, 1.82) is 0 Å². The van der Waals surface area contributed by atoms with Crippen LogP contribution in [0.2, 0.25) is 0 Å². The molecule has 0 bridgehead atoms. The molecular formula is C14H21N3O2. The summed E-state index contributed by atoms with van der Waals surface area (Å²) in [6.07, 6.45) is 0. The van der Waals surface area contributed by atoms with Gasteiger partial charge in [-0.1, -0.05) is 6.07 Å². The van der Waals surface area contributed by atoms with E-state index in [1.165, 1.54) is 12.5 Å². The van der Waals surface area contributed by atoms with Gasteiger partial charge in [-0.15, -0.1) is 0 Å². The quantitative estimate of drug-likeness (QED) is 0.853. The molecule has 19 heavy (non-hydrogen) atoms. The number of piperazine rings is 1. The molecule has 0 saturated carbocycles. The van der Waals surface area contributed by atoms with Gasteiger partial charge in [-0.2, -0.15) is 0 Å². The molecule has 0 aromatic heterocycles. The van der Waals surface area contributed by atoms with Crippen LogP contribution in [-0.2, 0) is 11.3 Å². The fourth-order valence-electron chi connectivity index (χ4n) is 2.27. The number of nitrogens with one attached hydrogen (secondary N) is 2. The highest BCUT2D eigenvalue weighted by Gasteiger charge is 2.12.